The van der Waals surface area contributed by atoms with Crippen molar-refractivity contribution in [1.82, 2.24) is 9.88 Å². The molecule has 0 aliphatic heterocycles. The third-order valence-electron chi connectivity index (χ3n) is 3.33. The first-order valence-electron chi connectivity index (χ1n) is 7.17. The molecule has 1 aromatic heterocycles. The van der Waals surface area contributed by atoms with Crippen molar-refractivity contribution in [3.63, 3.8) is 0 Å². The summed E-state index contributed by atoms with van der Waals surface area (Å²) in [5.41, 5.74) is 6.98. The Labute approximate surface area is 116 Å². The van der Waals surface area contributed by atoms with Gasteiger partial charge in [-0.05, 0) is 44.0 Å². The fourth-order valence-corrected chi connectivity index (χ4v) is 2.32. The average molecular weight is 267 g/mol. The Morgan fingerprint density at radius 1 is 1.26 bits per heavy atom. The lowest BCUT2D eigenvalue weighted by atomic mass is 9.98. The summed E-state index contributed by atoms with van der Waals surface area (Å²) < 4.78 is 12.9. The molecule has 0 aliphatic carbocycles. The summed E-state index contributed by atoms with van der Waals surface area (Å²) in [5, 5.41) is 0. The third kappa shape index (κ3) is 5.25. The molecule has 2 N–H and O–H groups in total. The van der Waals surface area contributed by atoms with Gasteiger partial charge >= 0.3 is 0 Å². The summed E-state index contributed by atoms with van der Waals surface area (Å²) in [7, 11) is 0. The zero-order valence-electron chi connectivity index (χ0n) is 12.3. The minimum Gasteiger partial charge on any atom is -0.322 e. The van der Waals surface area contributed by atoms with Crippen LogP contribution in [0.15, 0.2) is 18.3 Å². The van der Waals surface area contributed by atoms with Crippen LogP contribution in [0.4, 0.5) is 4.39 Å². The van der Waals surface area contributed by atoms with Crippen LogP contribution in [0, 0.1) is 11.7 Å². The highest BCUT2D eigenvalue weighted by Crippen LogP contribution is 2.18. The van der Waals surface area contributed by atoms with Crippen molar-refractivity contribution in [3.8, 4) is 0 Å². The van der Waals surface area contributed by atoms with Crippen molar-refractivity contribution < 1.29 is 4.39 Å². The molecule has 0 bridgehead atoms. The second-order valence-corrected chi connectivity index (χ2v) is 5.20. The molecule has 2 atom stereocenters. The molecule has 0 amide bonds. The van der Waals surface area contributed by atoms with Gasteiger partial charge < -0.3 is 10.6 Å². The van der Waals surface area contributed by atoms with E-state index in [-0.39, 0.29) is 11.9 Å². The number of hydrogen-bond donors (Lipinski definition) is 1. The van der Waals surface area contributed by atoms with E-state index in [0.717, 1.165) is 38.2 Å². The zero-order chi connectivity index (χ0) is 14.3. The maximum atomic E-state index is 12.9. The number of rotatable bonds is 8. The van der Waals surface area contributed by atoms with Gasteiger partial charge in [-0.15, -0.1) is 0 Å². The molecule has 0 saturated carbocycles. The molecule has 1 heterocycles. The van der Waals surface area contributed by atoms with E-state index in [0.29, 0.717) is 5.92 Å². The first-order valence-corrected chi connectivity index (χ1v) is 7.17. The van der Waals surface area contributed by atoms with Gasteiger partial charge in [-0.1, -0.05) is 20.8 Å². The van der Waals surface area contributed by atoms with E-state index in [1.807, 2.05) is 0 Å². The summed E-state index contributed by atoms with van der Waals surface area (Å²) >= 11 is 0. The standard InChI is InChI=1S/C15H26FN3/c1-4-8-19(9-5-2)11-12(3)15(17)14-7-6-13(16)10-18-14/h6-7,10,12,15H,4-5,8-9,11,17H2,1-3H3. The molecule has 1 rings (SSSR count). The normalized spacial score (nSPS) is 14.6. The van der Waals surface area contributed by atoms with Gasteiger partial charge in [0, 0.05) is 6.54 Å². The number of halogens is 1. The van der Waals surface area contributed by atoms with Crippen LogP contribution in [-0.2, 0) is 0 Å². The van der Waals surface area contributed by atoms with Crippen LogP contribution >= 0.6 is 0 Å². The van der Waals surface area contributed by atoms with Crippen LogP contribution in [0.1, 0.15) is 45.3 Å². The molecular weight excluding hydrogens is 241 g/mol. The Morgan fingerprint density at radius 2 is 1.89 bits per heavy atom. The average Bonchev–Trinajstić information content (AvgIpc) is 2.39. The molecule has 0 spiro atoms. The van der Waals surface area contributed by atoms with Crippen molar-refractivity contribution in [2.45, 2.75) is 39.7 Å². The van der Waals surface area contributed by atoms with Crippen molar-refractivity contribution in [1.29, 1.82) is 0 Å². The van der Waals surface area contributed by atoms with Crippen LogP contribution in [0.5, 0.6) is 0 Å². The SMILES string of the molecule is CCCN(CCC)CC(C)C(N)c1ccc(F)cn1. The molecule has 108 valence electrons. The predicted octanol–water partition coefficient (Wildman–Crippen LogP) is 2.98. The topological polar surface area (TPSA) is 42.1 Å². The van der Waals surface area contributed by atoms with Crippen LogP contribution in [0.2, 0.25) is 0 Å². The molecule has 0 aliphatic rings. The summed E-state index contributed by atoms with van der Waals surface area (Å²) in [6.07, 6.45) is 3.53. The largest absolute Gasteiger partial charge is 0.322 e. The molecule has 19 heavy (non-hydrogen) atoms. The highest BCUT2D eigenvalue weighted by molar-refractivity contribution is 5.10. The lowest BCUT2D eigenvalue weighted by molar-refractivity contribution is 0.221. The molecule has 1 aromatic rings. The van der Waals surface area contributed by atoms with Crippen LogP contribution < -0.4 is 5.73 Å². The Bertz CT molecular complexity index is 347. The van der Waals surface area contributed by atoms with Gasteiger partial charge in [0.15, 0.2) is 0 Å². The number of nitrogens with zero attached hydrogens (tertiary/aromatic N) is 2. The van der Waals surface area contributed by atoms with E-state index in [1.165, 1.54) is 12.3 Å². The van der Waals surface area contributed by atoms with Crippen molar-refractivity contribution >= 4 is 0 Å². The van der Waals surface area contributed by atoms with E-state index in [4.69, 9.17) is 5.73 Å². The smallest absolute Gasteiger partial charge is 0.141 e. The lowest BCUT2D eigenvalue weighted by Crippen LogP contribution is -2.35. The summed E-state index contributed by atoms with van der Waals surface area (Å²) in [4.78, 5) is 6.52. The molecule has 0 fully saturated rings. The van der Waals surface area contributed by atoms with E-state index in [2.05, 4.69) is 30.7 Å². The van der Waals surface area contributed by atoms with Gasteiger partial charge in [-0.25, -0.2) is 4.39 Å². The van der Waals surface area contributed by atoms with Gasteiger partial charge in [0.25, 0.3) is 0 Å². The molecule has 4 heteroatoms. The molecule has 0 aromatic carbocycles. The van der Waals surface area contributed by atoms with Gasteiger partial charge in [0.05, 0.1) is 17.9 Å². The Balaban J connectivity index is 2.59. The number of hydrogen-bond acceptors (Lipinski definition) is 3. The van der Waals surface area contributed by atoms with Crippen LogP contribution in [0.25, 0.3) is 0 Å². The highest BCUT2D eigenvalue weighted by atomic mass is 19.1. The Morgan fingerprint density at radius 3 is 2.37 bits per heavy atom. The first-order chi connectivity index (χ1) is 9.08. The molecule has 3 nitrogen and oxygen atoms in total. The lowest BCUT2D eigenvalue weighted by Gasteiger charge is -2.28. The van der Waals surface area contributed by atoms with E-state index in [1.54, 1.807) is 6.07 Å². The second-order valence-electron chi connectivity index (χ2n) is 5.20. The number of aromatic nitrogens is 1. The van der Waals surface area contributed by atoms with E-state index >= 15 is 0 Å². The first kappa shape index (κ1) is 16.1. The van der Waals surface area contributed by atoms with E-state index < -0.39 is 0 Å². The van der Waals surface area contributed by atoms with Gasteiger partial charge in [-0.3, -0.25) is 4.98 Å². The highest BCUT2D eigenvalue weighted by Gasteiger charge is 2.18. The molecule has 2 unspecified atom stereocenters. The summed E-state index contributed by atoms with van der Waals surface area (Å²) in [6.45, 7) is 9.67. The van der Waals surface area contributed by atoms with Gasteiger partial charge in [0.1, 0.15) is 5.82 Å². The molecule has 0 saturated heterocycles. The predicted molar refractivity (Wildman–Crippen MR) is 77.3 cm³/mol. The number of pyridine rings is 1. The Hall–Kier alpha value is -1.00. The minimum atomic E-state index is -0.317. The van der Waals surface area contributed by atoms with Crippen LogP contribution in [0.3, 0.4) is 0 Å². The van der Waals surface area contributed by atoms with Crippen molar-refractivity contribution in [3.05, 3.63) is 29.8 Å². The maximum Gasteiger partial charge on any atom is 0.141 e. The summed E-state index contributed by atoms with van der Waals surface area (Å²) in [6, 6.07) is 2.96. The minimum absolute atomic E-state index is 0.142. The summed E-state index contributed by atoms with van der Waals surface area (Å²) in [5.74, 6) is -0.0155. The van der Waals surface area contributed by atoms with Crippen LogP contribution in [-0.4, -0.2) is 29.5 Å². The maximum absolute atomic E-state index is 12.9. The monoisotopic (exact) mass is 267 g/mol. The fraction of sp³-hybridized carbons (Fsp3) is 0.667. The zero-order valence-corrected chi connectivity index (χ0v) is 12.3. The number of nitrogens with two attached hydrogens (primary N) is 1. The Kier molecular flexibility index (Phi) is 6.95. The third-order valence-corrected chi connectivity index (χ3v) is 3.33. The quantitative estimate of drug-likeness (QED) is 0.787. The van der Waals surface area contributed by atoms with Gasteiger partial charge in [0.2, 0.25) is 0 Å². The molecule has 0 radical (unpaired) electrons. The van der Waals surface area contributed by atoms with Crippen molar-refractivity contribution in [2.75, 3.05) is 19.6 Å². The van der Waals surface area contributed by atoms with E-state index in [9.17, 15) is 4.39 Å². The molecular formula is C15H26FN3. The fourth-order valence-electron chi connectivity index (χ4n) is 2.32. The van der Waals surface area contributed by atoms with Crippen molar-refractivity contribution in [2.24, 2.45) is 11.7 Å². The van der Waals surface area contributed by atoms with Gasteiger partial charge in [-0.2, -0.15) is 0 Å². The second kappa shape index (κ2) is 8.23.